The number of rotatable bonds is 2. The molecule has 0 N–H and O–H groups in total. The molecule has 0 aromatic carbocycles. The fourth-order valence-corrected chi connectivity index (χ4v) is 1.27. The molecule has 1 nitrogen and oxygen atoms in total. The summed E-state index contributed by atoms with van der Waals surface area (Å²) in [6.45, 7) is 0. The van der Waals surface area contributed by atoms with E-state index in [1.807, 2.05) is 17.7 Å². The summed E-state index contributed by atoms with van der Waals surface area (Å²) in [5, 5.41) is 3.07. The number of hydrogen-bond donors (Lipinski definition) is 0. The van der Waals surface area contributed by atoms with Gasteiger partial charge in [-0.2, -0.15) is 0 Å². The Morgan fingerprint density at radius 1 is 1.78 bits per heavy atom. The van der Waals surface area contributed by atoms with Gasteiger partial charge < -0.3 is 0 Å². The maximum absolute atomic E-state index is 4.08. The first-order valence-electron chi connectivity index (χ1n) is 2.55. The lowest BCUT2D eigenvalue weighted by Gasteiger charge is -1.76. The van der Waals surface area contributed by atoms with Crippen LogP contribution in [0.5, 0.6) is 0 Å². The van der Waals surface area contributed by atoms with E-state index in [1.54, 1.807) is 11.3 Å². The van der Waals surface area contributed by atoms with Crippen LogP contribution >= 0.6 is 33.9 Å². The molecule has 0 bridgehead atoms. The van der Waals surface area contributed by atoms with Gasteiger partial charge in [-0.15, -0.1) is 11.3 Å². The van der Waals surface area contributed by atoms with Crippen molar-refractivity contribution in [3.05, 3.63) is 22.7 Å². The predicted molar refractivity (Wildman–Crippen MR) is 50.0 cm³/mol. The van der Waals surface area contributed by atoms with E-state index in [2.05, 4.69) is 33.7 Å². The first-order valence-corrected chi connectivity index (χ1v) is 4.96. The highest BCUT2D eigenvalue weighted by atomic mass is 127. The molecule has 0 spiro atoms. The van der Waals surface area contributed by atoms with E-state index in [9.17, 15) is 0 Å². The molecule has 0 aliphatic heterocycles. The quantitative estimate of drug-likeness (QED) is 0.581. The van der Waals surface area contributed by atoms with Crippen LogP contribution in [0.4, 0.5) is 0 Å². The van der Waals surface area contributed by atoms with Crippen LogP contribution in [-0.4, -0.2) is 9.41 Å². The smallest absolute Gasteiger partial charge is 0.115 e. The third kappa shape index (κ3) is 2.45. The van der Waals surface area contributed by atoms with Crippen LogP contribution in [0.25, 0.3) is 6.08 Å². The van der Waals surface area contributed by atoms with Gasteiger partial charge in [0.25, 0.3) is 0 Å². The Bertz CT molecular complexity index is 181. The molecule has 3 heteroatoms. The minimum Gasteiger partial charge on any atom is -0.245 e. The summed E-state index contributed by atoms with van der Waals surface area (Å²) >= 11 is 3.96. The maximum atomic E-state index is 4.08. The van der Waals surface area contributed by atoms with Gasteiger partial charge in [-0.25, -0.2) is 4.98 Å². The van der Waals surface area contributed by atoms with Crippen molar-refractivity contribution in [2.75, 3.05) is 4.43 Å². The lowest BCUT2D eigenvalue weighted by atomic mass is 10.5. The average Bonchev–Trinajstić information content (AvgIpc) is 2.34. The first kappa shape index (κ1) is 7.21. The largest absolute Gasteiger partial charge is 0.245 e. The van der Waals surface area contributed by atoms with Crippen molar-refractivity contribution < 1.29 is 0 Å². The Kier molecular flexibility index (Phi) is 3.21. The van der Waals surface area contributed by atoms with E-state index >= 15 is 0 Å². The summed E-state index contributed by atoms with van der Waals surface area (Å²) < 4.78 is 1.05. The van der Waals surface area contributed by atoms with Crippen LogP contribution < -0.4 is 0 Å². The zero-order valence-corrected chi connectivity index (χ0v) is 7.72. The Labute approximate surface area is 72.0 Å². The molecular weight excluding hydrogens is 245 g/mol. The lowest BCUT2D eigenvalue weighted by Crippen LogP contribution is -1.64. The molecule has 0 aliphatic rings. The molecule has 1 heterocycles. The van der Waals surface area contributed by atoms with Gasteiger partial charge in [0.1, 0.15) is 5.01 Å². The molecule has 0 amide bonds. The van der Waals surface area contributed by atoms with Crippen molar-refractivity contribution >= 4 is 40.0 Å². The summed E-state index contributed by atoms with van der Waals surface area (Å²) in [6.07, 6.45) is 5.95. The van der Waals surface area contributed by atoms with Gasteiger partial charge in [0, 0.05) is 16.0 Å². The highest BCUT2D eigenvalue weighted by Gasteiger charge is 1.83. The van der Waals surface area contributed by atoms with Gasteiger partial charge in [0.15, 0.2) is 0 Å². The highest BCUT2D eigenvalue weighted by molar-refractivity contribution is 14.1. The van der Waals surface area contributed by atoms with Crippen molar-refractivity contribution in [1.29, 1.82) is 0 Å². The zero-order chi connectivity index (χ0) is 6.53. The Morgan fingerprint density at radius 3 is 3.22 bits per heavy atom. The number of halogens is 1. The topological polar surface area (TPSA) is 12.9 Å². The van der Waals surface area contributed by atoms with Gasteiger partial charge in [-0.05, 0) is 6.08 Å². The molecule has 0 radical (unpaired) electrons. The summed E-state index contributed by atoms with van der Waals surface area (Å²) in [6, 6.07) is 0. The maximum Gasteiger partial charge on any atom is 0.115 e. The molecule has 0 unspecified atom stereocenters. The normalized spacial score (nSPS) is 10.8. The summed E-state index contributed by atoms with van der Waals surface area (Å²) in [7, 11) is 0. The van der Waals surface area contributed by atoms with Crippen LogP contribution in [0.2, 0.25) is 0 Å². The van der Waals surface area contributed by atoms with Crippen molar-refractivity contribution in [3.63, 3.8) is 0 Å². The Balaban J connectivity index is 2.57. The molecule has 0 aliphatic carbocycles. The molecule has 1 aromatic rings. The number of allylic oxidation sites excluding steroid dienone is 1. The van der Waals surface area contributed by atoms with Gasteiger partial charge in [0.2, 0.25) is 0 Å². The van der Waals surface area contributed by atoms with Crippen molar-refractivity contribution in [2.45, 2.75) is 0 Å². The van der Waals surface area contributed by atoms with Crippen molar-refractivity contribution in [2.24, 2.45) is 0 Å². The number of thiazole rings is 1. The molecule has 0 saturated heterocycles. The molecule has 48 valence electrons. The number of aromatic nitrogens is 1. The third-order valence-corrected chi connectivity index (χ3v) is 2.05. The standard InChI is InChI=1S/C6H6INS/c7-3-1-2-6-8-4-5-9-6/h1-2,4-5H,3H2/b2-1+. The van der Waals surface area contributed by atoms with Crippen LogP contribution in [0.3, 0.4) is 0 Å². The van der Waals surface area contributed by atoms with Crippen molar-refractivity contribution in [3.8, 4) is 0 Å². The average molecular weight is 251 g/mol. The Morgan fingerprint density at radius 2 is 2.67 bits per heavy atom. The van der Waals surface area contributed by atoms with Gasteiger partial charge in [-0.3, -0.25) is 0 Å². The molecule has 1 rings (SSSR count). The van der Waals surface area contributed by atoms with Gasteiger partial charge >= 0.3 is 0 Å². The van der Waals surface area contributed by atoms with Crippen molar-refractivity contribution in [1.82, 2.24) is 4.98 Å². The fourth-order valence-electron chi connectivity index (χ4n) is 0.462. The monoisotopic (exact) mass is 251 g/mol. The molecule has 1 aromatic heterocycles. The molecule has 0 atom stereocenters. The summed E-state index contributed by atoms with van der Waals surface area (Å²) in [5.74, 6) is 0. The summed E-state index contributed by atoms with van der Waals surface area (Å²) in [5.41, 5.74) is 0. The first-order chi connectivity index (χ1) is 4.43. The number of hydrogen-bond acceptors (Lipinski definition) is 2. The van der Waals surface area contributed by atoms with E-state index in [-0.39, 0.29) is 0 Å². The molecule has 9 heavy (non-hydrogen) atoms. The van der Waals surface area contributed by atoms with Gasteiger partial charge in [0.05, 0.1) is 0 Å². The summed E-state index contributed by atoms with van der Waals surface area (Å²) in [4.78, 5) is 4.08. The zero-order valence-electron chi connectivity index (χ0n) is 4.75. The number of alkyl halides is 1. The van der Waals surface area contributed by atoms with E-state index in [1.165, 1.54) is 0 Å². The fraction of sp³-hybridized carbons (Fsp3) is 0.167. The number of nitrogens with zero attached hydrogens (tertiary/aromatic N) is 1. The van der Waals surface area contributed by atoms with E-state index in [0.717, 1.165) is 9.44 Å². The molecular formula is C6H6INS. The van der Waals surface area contributed by atoms with Crippen LogP contribution in [0.1, 0.15) is 5.01 Å². The second-order valence-electron chi connectivity index (χ2n) is 1.43. The Hall–Kier alpha value is 0.1000. The third-order valence-electron chi connectivity index (χ3n) is 0.801. The molecule has 0 fully saturated rings. The van der Waals surface area contributed by atoms with Crippen LogP contribution in [0, 0.1) is 0 Å². The van der Waals surface area contributed by atoms with Crippen LogP contribution in [0.15, 0.2) is 17.7 Å². The van der Waals surface area contributed by atoms with E-state index in [0.29, 0.717) is 0 Å². The van der Waals surface area contributed by atoms with Crippen LogP contribution in [-0.2, 0) is 0 Å². The van der Waals surface area contributed by atoms with Gasteiger partial charge in [-0.1, -0.05) is 28.7 Å². The highest BCUT2D eigenvalue weighted by Crippen LogP contribution is 2.05. The lowest BCUT2D eigenvalue weighted by molar-refractivity contribution is 1.39. The second kappa shape index (κ2) is 4.00. The minimum atomic E-state index is 1.05. The second-order valence-corrected chi connectivity index (χ2v) is 3.23. The molecule has 0 saturated carbocycles. The SMILES string of the molecule is IC/C=C/c1nccs1. The minimum absolute atomic E-state index is 1.05. The van der Waals surface area contributed by atoms with E-state index in [4.69, 9.17) is 0 Å². The van der Waals surface area contributed by atoms with E-state index < -0.39 is 0 Å². The predicted octanol–water partition coefficient (Wildman–Crippen LogP) is 2.59.